The molecule has 0 amide bonds. The van der Waals surface area contributed by atoms with Crippen LogP contribution in [0.25, 0.3) is 0 Å². The average molecular weight is 198 g/mol. The molecule has 0 fully saturated rings. The summed E-state index contributed by atoms with van der Waals surface area (Å²) in [5, 5.41) is 0. The van der Waals surface area contributed by atoms with E-state index >= 15 is 0 Å². The molecule has 1 unspecified atom stereocenters. The van der Waals surface area contributed by atoms with Crippen molar-refractivity contribution in [2.45, 2.75) is 13.1 Å². The Bertz CT molecular complexity index is 295. The molecule has 0 bridgehead atoms. The molecule has 0 heterocycles. The van der Waals surface area contributed by atoms with Crippen LogP contribution in [-0.2, 0) is 15.3 Å². The van der Waals surface area contributed by atoms with E-state index in [9.17, 15) is 4.57 Å². The smallest absolute Gasteiger partial charge is 0.204 e. The number of hydrogen-bond donors (Lipinski definition) is 0. The Morgan fingerprint density at radius 2 is 1.92 bits per heavy atom. The molecule has 2 nitrogen and oxygen atoms in total. The normalized spacial score (nSPS) is 15.2. The fraction of sp³-hybridized carbons (Fsp3) is 0.400. The second-order valence-corrected chi connectivity index (χ2v) is 5.68. The second kappa shape index (κ2) is 4.59. The van der Waals surface area contributed by atoms with Crippen LogP contribution in [-0.4, -0.2) is 13.3 Å². The summed E-state index contributed by atoms with van der Waals surface area (Å²) in [5.41, 5.74) is 1.07. The van der Waals surface area contributed by atoms with Gasteiger partial charge in [-0.15, -0.1) is 0 Å². The highest BCUT2D eigenvalue weighted by Crippen LogP contribution is 2.45. The molecule has 1 aromatic carbocycles. The monoisotopic (exact) mass is 198 g/mol. The molecule has 3 heteroatoms. The molecule has 0 aliphatic heterocycles. The first-order valence-corrected chi connectivity index (χ1v) is 6.65. The molecule has 0 saturated carbocycles. The van der Waals surface area contributed by atoms with E-state index in [4.69, 9.17) is 4.52 Å². The van der Waals surface area contributed by atoms with Crippen LogP contribution >= 0.6 is 7.37 Å². The zero-order valence-electron chi connectivity index (χ0n) is 8.06. The van der Waals surface area contributed by atoms with Crippen LogP contribution in [0.2, 0.25) is 0 Å². The lowest BCUT2D eigenvalue weighted by Gasteiger charge is -2.11. The topological polar surface area (TPSA) is 26.3 Å². The Morgan fingerprint density at radius 1 is 1.31 bits per heavy atom. The first kappa shape index (κ1) is 10.5. The van der Waals surface area contributed by atoms with Gasteiger partial charge in [0.2, 0.25) is 7.37 Å². The summed E-state index contributed by atoms with van der Waals surface area (Å²) in [6.45, 7) is 4.06. The van der Waals surface area contributed by atoms with Crippen LogP contribution in [0.4, 0.5) is 0 Å². The summed E-state index contributed by atoms with van der Waals surface area (Å²) in [7, 11) is -2.41. The van der Waals surface area contributed by atoms with Gasteiger partial charge in [-0.05, 0) is 12.5 Å². The van der Waals surface area contributed by atoms with Gasteiger partial charge in [-0.1, -0.05) is 30.3 Å². The van der Waals surface area contributed by atoms with Crippen molar-refractivity contribution < 1.29 is 9.09 Å². The minimum Gasteiger partial charge on any atom is -0.329 e. The zero-order valence-corrected chi connectivity index (χ0v) is 8.96. The van der Waals surface area contributed by atoms with E-state index in [0.717, 1.165) is 5.56 Å². The van der Waals surface area contributed by atoms with Crippen molar-refractivity contribution in [1.82, 2.24) is 0 Å². The maximum atomic E-state index is 11.8. The van der Waals surface area contributed by atoms with Crippen LogP contribution in [0, 0.1) is 0 Å². The third kappa shape index (κ3) is 3.75. The van der Waals surface area contributed by atoms with Gasteiger partial charge in [-0.2, -0.15) is 0 Å². The molecule has 13 heavy (non-hydrogen) atoms. The van der Waals surface area contributed by atoms with E-state index in [1.165, 1.54) is 0 Å². The molecular weight excluding hydrogens is 183 g/mol. The van der Waals surface area contributed by atoms with Crippen LogP contribution in [0.5, 0.6) is 0 Å². The van der Waals surface area contributed by atoms with Crippen molar-refractivity contribution >= 4 is 7.37 Å². The summed E-state index contributed by atoms with van der Waals surface area (Å²) in [6.07, 6.45) is 0.529. The fourth-order valence-corrected chi connectivity index (χ4v) is 2.75. The van der Waals surface area contributed by atoms with Crippen LogP contribution < -0.4 is 0 Å². The lowest BCUT2D eigenvalue weighted by Crippen LogP contribution is -1.92. The van der Waals surface area contributed by atoms with Crippen molar-refractivity contribution in [1.29, 1.82) is 0 Å². The molecule has 0 radical (unpaired) electrons. The Balaban J connectivity index is 2.64. The molecule has 1 atom stereocenters. The SMILES string of the molecule is CCOP(C)(=O)Cc1ccccc1. The summed E-state index contributed by atoms with van der Waals surface area (Å²) in [5.74, 6) is 0. The van der Waals surface area contributed by atoms with Crippen LogP contribution in [0.3, 0.4) is 0 Å². The third-order valence-electron chi connectivity index (χ3n) is 1.71. The molecule has 0 aromatic heterocycles. The van der Waals surface area contributed by atoms with E-state index in [0.29, 0.717) is 12.8 Å². The van der Waals surface area contributed by atoms with Crippen molar-refractivity contribution in [2.75, 3.05) is 13.3 Å². The van der Waals surface area contributed by atoms with Gasteiger partial charge in [0.05, 0.1) is 6.61 Å². The van der Waals surface area contributed by atoms with E-state index in [1.807, 2.05) is 37.3 Å². The van der Waals surface area contributed by atoms with Gasteiger partial charge in [0, 0.05) is 12.8 Å². The van der Waals surface area contributed by atoms with Gasteiger partial charge in [-0.3, -0.25) is 4.57 Å². The summed E-state index contributed by atoms with van der Waals surface area (Å²) in [4.78, 5) is 0. The molecule has 0 spiro atoms. The van der Waals surface area contributed by atoms with Crippen molar-refractivity contribution in [2.24, 2.45) is 0 Å². The molecule has 0 N–H and O–H groups in total. The van der Waals surface area contributed by atoms with Gasteiger partial charge >= 0.3 is 0 Å². The largest absolute Gasteiger partial charge is 0.329 e. The quantitative estimate of drug-likeness (QED) is 0.695. The zero-order chi connectivity index (χ0) is 9.73. The highest BCUT2D eigenvalue weighted by Gasteiger charge is 2.14. The van der Waals surface area contributed by atoms with E-state index in [1.54, 1.807) is 6.66 Å². The van der Waals surface area contributed by atoms with E-state index in [-0.39, 0.29) is 0 Å². The van der Waals surface area contributed by atoms with Crippen molar-refractivity contribution in [3.05, 3.63) is 35.9 Å². The van der Waals surface area contributed by atoms with Crippen LogP contribution in [0.15, 0.2) is 30.3 Å². The summed E-state index contributed by atoms with van der Waals surface area (Å²) >= 11 is 0. The average Bonchev–Trinajstić information content (AvgIpc) is 2.04. The van der Waals surface area contributed by atoms with E-state index in [2.05, 4.69) is 0 Å². The molecule has 0 aliphatic carbocycles. The second-order valence-electron chi connectivity index (χ2n) is 3.08. The maximum Gasteiger partial charge on any atom is 0.204 e. The third-order valence-corrected chi connectivity index (χ3v) is 3.46. The molecular formula is C10H15O2P. The minimum atomic E-state index is -2.41. The first-order valence-electron chi connectivity index (χ1n) is 4.39. The fourth-order valence-electron chi connectivity index (χ4n) is 1.23. The summed E-state index contributed by atoms with van der Waals surface area (Å²) in [6, 6.07) is 9.78. The number of rotatable bonds is 4. The standard InChI is InChI=1S/C10H15O2P/c1-3-12-13(2,11)9-10-7-5-4-6-8-10/h4-8H,3,9H2,1-2H3. The van der Waals surface area contributed by atoms with E-state index < -0.39 is 7.37 Å². The molecule has 0 aliphatic rings. The number of hydrogen-bond acceptors (Lipinski definition) is 2. The van der Waals surface area contributed by atoms with Gasteiger partial charge < -0.3 is 4.52 Å². The van der Waals surface area contributed by atoms with Crippen LogP contribution in [0.1, 0.15) is 12.5 Å². The molecule has 1 rings (SSSR count). The minimum absolute atomic E-state index is 0.514. The van der Waals surface area contributed by atoms with Gasteiger partial charge in [-0.25, -0.2) is 0 Å². The first-order chi connectivity index (χ1) is 6.14. The molecule has 1 aromatic rings. The van der Waals surface area contributed by atoms with Crippen molar-refractivity contribution in [3.63, 3.8) is 0 Å². The Morgan fingerprint density at radius 3 is 2.46 bits per heavy atom. The Kier molecular flexibility index (Phi) is 3.71. The molecule has 72 valence electrons. The van der Waals surface area contributed by atoms with Gasteiger partial charge in [0.25, 0.3) is 0 Å². The summed E-state index contributed by atoms with van der Waals surface area (Å²) < 4.78 is 16.9. The Labute approximate surface area is 79.4 Å². The highest BCUT2D eigenvalue weighted by molar-refractivity contribution is 7.57. The lowest BCUT2D eigenvalue weighted by atomic mass is 10.2. The highest BCUT2D eigenvalue weighted by atomic mass is 31.2. The predicted molar refractivity (Wildman–Crippen MR) is 55.3 cm³/mol. The van der Waals surface area contributed by atoms with Gasteiger partial charge in [0.15, 0.2) is 0 Å². The lowest BCUT2D eigenvalue weighted by molar-refractivity contribution is 0.336. The van der Waals surface area contributed by atoms with Gasteiger partial charge in [0.1, 0.15) is 0 Å². The maximum absolute atomic E-state index is 11.8. The van der Waals surface area contributed by atoms with Crippen molar-refractivity contribution in [3.8, 4) is 0 Å². The number of benzene rings is 1. The predicted octanol–water partition coefficient (Wildman–Crippen LogP) is 3.13. The Hall–Kier alpha value is -0.590. The molecule has 0 saturated heterocycles.